The number of aromatic nitrogens is 5. The van der Waals surface area contributed by atoms with Crippen molar-refractivity contribution in [3.8, 4) is 5.75 Å². The third-order valence-corrected chi connectivity index (χ3v) is 4.18. The van der Waals surface area contributed by atoms with E-state index in [1.165, 1.54) is 10.8 Å². The van der Waals surface area contributed by atoms with Crippen molar-refractivity contribution in [1.82, 2.24) is 24.3 Å². The summed E-state index contributed by atoms with van der Waals surface area (Å²) in [6.45, 7) is 3.60. The first-order valence-corrected chi connectivity index (χ1v) is 7.52. The zero-order valence-electron chi connectivity index (χ0n) is 13.1. The van der Waals surface area contributed by atoms with Crippen LogP contribution in [0.4, 0.5) is 0 Å². The van der Waals surface area contributed by atoms with E-state index in [0.717, 1.165) is 35.6 Å². The SMILES string of the molecule is COc1ccc2c3ccnc(C)c3n(CCn3cncn3)c2c1. The second-order valence-electron chi connectivity index (χ2n) is 5.49. The van der Waals surface area contributed by atoms with Crippen LogP contribution in [-0.4, -0.2) is 31.4 Å². The molecule has 23 heavy (non-hydrogen) atoms. The van der Waals surface area contributed by atoms with Crippen LogP contribution in [0.1, 0.15) is 5.69 Å². The number of fused-ring (bicyclic) bond motifs is 3. The van der Waals surface area contributed by atoms with Crippen molar-refractivity contribution in [2.45, 2.75) is 20.0 Å². The number of methoxy groups -OCH3 is 1. The van der Waals surface area contributed by atoms with Crippen molar-refractivity contribution in [1.29, 1.82) is 0 Å². The molecule has 0 radical (unpaired) electrons. The van der Waals surface area contributed by atoms with Gasteiger partial charge in [0.1, 0.15) is 18.4 Å². The lowest BCUT2D eigenvalue weighted by molar-refractivity contribution is 0.415. The summed E-state index contributed by atoms with van der Waals surface area (Å²) < 4.78 is 9.52. The van der Waals surface area contributed by atoms with Crippen LogP contribution < -0.4 is 4.74 Å². The lowest BCUT2D eigenvalue weighted by Crippen LogP contribution is -2.08. The molecule has 0 unspecified atom stereocenters. The Morgan fingerprint density at radius 1 is 1.13 bits per heavy atom. The van der Waals surface area contributed by atoms with Crippen molar-refractivity contribution < 1.29 is 4.74 Å². The van der Waals surface area contributed by atoms with Gasteiger partial charge in [-0.2, -0.15) is 5.10 Å². The summed E-state index contributed by atoms with van der Waals surface area (Å²) in [5, 5.41) is 6.61. The van der Waals surface area contributed by atoms with Crippen LogP contribution in [0.15, 0.2) is 43.1 Å². The minimum atomic E-state index is 0.754. The van der Waals surface area contributed by atoms with Crippen LogP contribution in [0.3, 0.4) is 0 Å². The standard InChI is InChI=1S/C17H17N5O/c1-12-17-15(5-6-19-12)14-4-3-13(23-2)9-16(14)22(17)8-7-21-11-18-10-20-21/h3-6,9-11H,7-8H2,1-2H3. The van der Waals surface area contributed by atoms with Gasteiger partial charge in [-0.05, 0) is 25.1 Å². The van der Waals surface area contributed by atoms with Crippen molar-refractivity contribution in [2.24, 2.45) is 0 Å². The fourth-order valence-corrected chi connectivity index (χ4v) is 3.11. The molecule has 0 fully saturated rings. The van der Waals surface area contributed by atoms with Gasteiger partial charge >= 0.3 is 0 Å². The van der Waals surface area contributed by atoms with Crippen LogP contribution in [0.25, 0.3) is 21.8 Å². The van der Waals surface area contributed by atoms with Crippen LogP contribution in [-0.2, 0) is 13.1 Å². The van der Waals surface area contributed by atoms with E-state index in [9.17, 15) is 0 Å². The largest absolute Gasteiger partial charge is 0.497 e. The average molecular weight is 307 g/mol. The highest BCUT2D eigenvalue weighted by Gasteiger charge is 2.13. The Bertz CT molecular complexity index is 972. The number of benzene rings is 1. The molecule has 1 aromatic carbocycles. The Hall–Kier alpha value is -2.89. The molecule has 0 atom stereocenters. The molecule has 0 N–H and O–H groups in total. The van der Waals surface area contributed by atoms with E-state index in [2.05, 4.69) is 37.8 Å². The lowest BCUT2D eigenvalue weighted by Gasteiger charge is -2.09. The Balaban J connectivity index is 1.93. The van der Waals surface area contributed by atoms with Gasteiger partial charge in [-0.15, -0.1) is 0 Å². The van der Waals surface area contributed by atoms with Crippen LogP contribution >= 0.6 is 0 Å². The molecule has 3 heterocycles. The van der Waals surface area contributed by atoms with Crippen molar-refractivity contribution in [3.63, 3.8) is 0 Å². The second-order valence-corrected chi connectivity index (χ2v) is 5.49. The van der Waals surface area contributed by atoms with Crippen molar-refractivity contribution in [2.75, 3.05) is 7.11 Å². The minimum absolute atomic E-state index is 0.754. The Morgan fingerprint density at radius 3 is 2.83 bits per heavy atom. The molecule has 0 bridgehead atoms. The number of pyridine rings is 1. The van der Waals surface area contributed by atoms with Crippen LogP contribution in [0.2, 0.25) is 0 Å². The number of rotatable bonds is 4. The number of ether oxygens (including phenoxy) is 1. The molecule has 0 aliphatic heterocycles. The highest BCUT2D eigenvalue weighted by molar-refractivity contribution is 6.09. The third kappa shape index (κ3) is 2.23. The third-order valence-electron chi connectivity index (χ3n) is 4.18. The molecule has 4 rings (SSSR count). The molecule has 6 heteroatoms. The topological polar surface area (TPSA) is 57.8 Å². The molecule has 3 aromatic heterocycles. The van der Waals surface area contributed by atoms with Crippen LogP contribution in [0, 0.1) is 6.92 Å². The van der Waals surface area contributed by atoms with E-state index in [0.29, 0.717) is 0 Å². The Kier molecular flexibility index (Phi) is 3.22. The van der Waals surface area contributed by atoms with Gasteiger partial charge in [0, 0.05) is 29.6 Å². The summed E-state index contributed by atoms with van der Waals surface area (Å²) in [4.78, 5) is 8.47. The second kappa shape index (κ2) is 5.39. The number of hydrogen-bond donors (Lipinski definition) is 0. The van der Waals surface area contributed by atoms with Crippen molar-refractivity contribution in [3.05, 3.63) is 48.8 Å². The monoisotopic (exact) mass is 307 g/mol. The van der Waals surface area contributed by atoms with E-state index in [1.807, 2.05) is 23.9 Å². The first-order valence-electron chi connectivity index (χ1n) is 7.52. The lowest BCUT2D eigenvalue weighted by atomic mass is 10.1. The quantitative estimate of drug-likeness (QED) is 0.582. The number of aryl methyl sites for hydroxylation is 3. The van der Waals surface area contributed by atoms with Crippen molar-refractivity contribution >= 4 is 21.8 Å². The van der Waals surface area contributed by atoms with Gasteiger partial charge in [0.2, 0.25) is 0 Å². The normalized spacial score (nSPS) is 11.4. The maximum atomic E-state index is 5.40. The summed E-state index contributed by atoms with van der Waals surface area (Å²) in [5.41, 5.74) is 3.34. The van der Waals surface area contributed by atoms with Gasteiger partial charge in [0.25, 0.3) is 0 Å². The summed E-state index contributed by atoms with van der Waals surface area (Å²) in [6, 6.07) is 8.26. The van der Waals surface area contributed by atoms with Crippen LogP contribution in [0.5, 0.6) is 5.75 Å². The van der Waals surface area contributed by atoms with E-state index >= 15 is 0 Å². The predicted molar refractivity (Wildman–Crippen MR) is 88.6 cm³/mol. The number of nitrogens with zero attached hydrogens (tertiary/aromatic N) is 5. The molecule has 116 valence electrons. The first-order chi connectivity index (χ1) is 11.3. The van der Waals surface area contributed by atoms with E-state index in [4.69, 9.17) is 4.74 Å². The van der Waals surface area contributed by atoms with Gasteiger partial charge in [0.05, 0.1) is 30.4 Å². The fourth-order valence-electron chi connectivity index (χ4n) is 3.11. The number of hydrogen-bond acceptors (Lipinski definition) is 4. The highest BCUT2D eigenvalue weighted by atomic mass is 16.5. The Labute approximate surface area is 133 Å². The maximum absolute atomic E-state index is 5.40. The molecular formula is C17H17N5O. The van der Waals surface area contributed by atoms with E-state index < -0.39 is 0 Å². The molecule has 0 amide bonds. The molecular weight excluding hydrogens is 290 g/mol. The highest BCUT2D eigenvalue weighted by Crippen LogP contribution is 2.32. The van der Waals surface area contributed by atoms with Gasteiger partial charge in [-0.25, -0.2) is 4.98 Å². The molecule has 4 aromatic rings. The molecule has 0 aliphatic carbocycles. The molecule has 0 aliphatic rings. The van der Waals surface area contributed by atoms with E-state index in [-0.39, 0.29) is 0 Å². The van der Waals surface area contributed by atoms with Gasteiger partial charge in [-0.3, -0.25) is 9.67 Å². The molecule has 0 saturated carbocycles. The Morgan fingerprint density at radius 2 is 2.04 bits per heavy atom. The summed E-state index contributed by atoms with van der Waals surface area (Å²) >= 11 is 0. The predicted octanol–water partition coefficient (Wildman–Crippen LogP) is 2.80. The van der Waals surface area contributed by atoms with Gasteiger partial charge < -0.3 is 9.30 Å². The van der Waals surface area contributed by atoms with E-state index in [1.54, 1.807) is 19.8 Å². The summed E-state index contributed by atoms with van der Waals surface area (Å²) in [7, 11) is 1.69. The zero-order chi connectivity index (χ0) is 15.8. The average Bonchev–Trinajstić information content (AvgIpc) is 3.19. The molecule has 6 nitrogen and oxygen atoms in total. The first kappa shape index (κ1) is 13.8. The summed E-state index contributed by atoms with van der Waals surface area (Å²) in [6.07, 6.45) is 5.16. The minimum Gasteiger partial charge on any atom is -0.497 e. The van der Waals surface area contributed by atoms with Gasteiger partial charge in [-0.1, -0.05) is 0 Å². The smallest absolute Gasteiger partial charge is 0.137 e. The maximum Gasteiger partial charge on any atom is 0.137 e. The molecule has 0 spiro atoms. The zero-order valence-corrected chi connectivity index (χ0v) is 13.1. The van der Waals surface area contributed by atoms with Gasteiger partial charge in [0.15, 0.2) is 0 Å². The molecule has 0 saturated heterocycles. The fraction of sp³-hybridized carbons (Fsp3) is 0.235. The summed E-state index contributed by atoms with van der Waals surface area (Å²) in [5.74, 6) is 0.855.